The molecule has 0 saturated carbocycles. The Bertz CT molecular complexity index is 487. The first-order valence-corrected chi connectivity index (χ1v) is 5.49. The van der Waals surface area contributed by atoms with E-state index < -0.39 is 0 Å². The van der Waals surface area contributed by atoms with E-state index in [1.807, 2.05) is 12.1 Å². The lowest BCUT2D eigenvalue weighted by molar-refractivity contribution is 0.315. The Morgan fingerprint density at radius 2 is 1.87 bits per heavy atom. The molecule has 0 aliphatic heterocycles. The lowest BCUT2D eigenvalue weighted by Gasteiger charge is -2.17. The van der Waals surface area contributed by atoms with E-state index in [4.69, 9.17) is 10.4 Å². The predicted octanol–water partition coefficient (Wildman–Crippen LogP) is 2.70. The van der Waals surface area contributed by atoms with Crippen LogP contribution in [0.1, 0.15) is 20.8 Å². The van der Waals surface area contributed by atoms with Gasteiger partial charge in [-0.3, -0.25) is 0 Å². The number of fused-ring (bicyclic) bond motifs is 1. The van der Waals surface area contributed by atoms with Gasteiger partial charge in [-0.15, -0.1) is 11.8 Å². The molecule has 0 saturated heterocycles. The van der Waals surface area contributed by atoms with Crippen molar-refractivity contribution in [3.05, 3.63) is 12.1 Å². The van der Waals surface area contributed by atoms with Crippen LogP contribution in [0.5, 0.6) is 0 Å². The smallest absolute Gasteiger partial charge is 0.159 e. The van der Waals surface area contributed by atoms with Crippen LogP contribution in [0.4, 0.5) is 5.69 Å². The molecular formula is C10H13N3OS. The number of benzene rings is 1. The Morgan fingerprint density at radius 3 is 2.53 bits per heavy atom. The van der Waals surface area contributed by atoms with Gasteiger partial charge in [0.1, 0.15) is 0 Å². The van der Waals surface area contributed by atoms with Gasteiger partial charge in [0.2, 0.25) is 0 Å². The van der Waals surface area contributed by atoms with Crippen LogP contribution in [0.2, 0.25) is 0 Å². The number of aromatic nitrogens is 2. The highest BCUT2D eigenvalue weighted by Gasteiger charge is 2.17. The number of hydrogen-bond acceptors (Lipinski definition) is 5. The molecule has 1 aromatic carbocycles. The lowest BCUT2D eigenvalue weighted by atomic mass is 10.2. The minimum atomic E-state index is 0.127. The van der Waals surface area contributed by atoms with Gasteiger partial charge in [0, 0.05) is 9.64 Å². The van der Waals surface area contributed by atoms with E-state index >= 15 is 0 Å². The summed E-state index contributed by atoms with van der Waals surface area (Å²) in [6.45, 7) is 6.44. The topological polar surface area (TPSA) is 64.9 Å². The molecule has 1 aromatic heterocycles. The molecule has 80 valence electrons. The third-order valence-electron chi connectivity index (χ3n) is 1.83. The third kappa shape index (κ3) is 2.07. The molecule has 0 fully saturated rings. The fraction of sp³-hybridized carbons (Fsp3) is 0.400. The van der Waals surface area contributed by atoms with Crippen LogP contribution in [-0.4, -0.2) is 15.1 Å². The fourth-order valence-electron chi connectivity index (χ4n) is 1.28. The summed E-state index contributed by atoms with van der Waals surface area (Å²) >= 11 is 1.73. The zero-order valence-electron chi connectivity index (χ0n) is 8.94. The summed E-state index contributed by atoms with van der Waals surface area (Å²) in [7, 11) is 0. The second-order valence-electron chi connectivity index (χ2n) is 4.33. The van der Waals surface area contributed by atoms with Crippen molar-refractivity contribution in [3.8, 4) is 0 Å². The van der Waals surface area contributed by atoms with Gasteiger partial charge >= 0.3 is 0 Å². The van der Waals surface area contributed by atoms with Crippen molar-refractivity contribution >= 4 is 28.5 Å². The zero-order chi connectivity index (χ0) is 11.1. The minimum absolute atomic E-state index is 0.127. The molecule has 2 rings (SSSR count). The molecule has 5 heteroatoms. The molecule has 0 aliphatic rings. The molecule has 4 nitrogen and oxygen atoms in total. The van der Waals surface area contributed by atoms with Gasteiger partial charge < -0.3 is 5.73 Å². The maximum absolute atomic E-state index is 5.76. The normalized spacial score (nSPS) is 12.2. The molecule has 2 aromatic rings. The van der Waals surface area contributed by atoms with Crippen molar-refractivity contribution < 1.29 is 4.63 Å². The summed E-state index contributed by atoms with van der Waals surface area (Å²) in [4.78, 5) is 1.05. The molecule has 0 aliphatic carbocycles. The zero-order valence-corrected chi connectivity index (χ0v) is 9.76. The van der Waals surface area contributed by atoms with Crippen LogP contribution in [-0.2, 0) is 0 Å². The average Bonchev–Trinajstić information content (AvgIpc) is 2.57. The van der Waals surface area contributed by atoms with E-state index in [1.165, 1.54) is 0 Å². The highest BCUT2D eigenvalue weighted by molar-refractivity contribution is 8.00. The van der Waals surface area contributed by atoms with Crippen molar-refractivity contribution in [2.45, 2.75) is 30.4 Å². The SMILES string of the molecule is CC(C)(C)Sc1ccc(N)c2nonc12. The van der Waals surface area contributed by atoms with Crippen LogP contribution >= 0.6 is 11.8 Å². The van der Waals surface area contributed by atoms with E-state index in [1.54, 1.807) is 11.8 Å². The second-order valence-corrected chi connectivity index (χ2v) is 6.20. The third-order valence-corrected chi connectivity index (χ3v) is 2.99. The molecule has 2 N–H and O–H groups in total. The number of rotatable bonds is 1. The molecule has 1 heterocycles. The largest absolute Gasteiger partial charge is 0.397 e. The van der Waals surface area contributed by atoms with Gasteiger partial charge in [0.25, 0.3) is 0 Å². The van der Waals surface area contributed by atoms with E-state index in [2.05, 4.69) is 31.1 Å². The maximum atomic E-state index is 5.76. The fourth-order valence-corrected chi connectivity index (χ4v) is 2.30. The van der Waals surface area contributed by atoms with E-state index in [-0.39, 0.29) is 4.75 Å². The number of nitrogens with two attached hydrogens (primary N) is 1. The summed E-state index contributed by atoms with van der Waals surface area (Å²) < 4.78 is 4.83. The first-order chi connectivity index (χ1) is 6.97. The molecular weight excluding hydrogens is 210 g/mol. The van der Waals surface area contributed by atoms with Gasteiger partial charge in [0.05, 0.1) is 5.69 Å². The van der Waals surface area contributed by atoms with Crippen LogP contribution < -0.4 is 5.73 Å². The van der Waals surface area contributed by atoms with E-state index in [0.29, 0.717) is 11.2 Å². The van der Waals surface area contributed by atoms with Crippen molar-refractivity contribution in [3.63, 3.8) is 0 Å². The summed E-state index contributed by atoms with van der Waals surface area (Å²) in [6.07, 6.45) is 0. The Hall–Kier alpha value is -1.23. The number of nitrogen functional groups attached to an aromatic ring is 1. The van der Waals surface area contributed by atoms with Crippen molar-refractivity contribution in [2.24, 2.45) is 0 Å². The van der Waals surface area contributed by atoms with Crippen molar-refractivity contribution in [2.75, 3.05) is 5.73 Å². The molecule has 0 amide bonds. The Balaban J connectivity index is 2.53. The molecule has 0 bridgehead atoms. The van der Waals surface area contributed by atoms with Crippen LogP contribution in [0, 0.1) is 0 Å². The first kappa shape index (κ1) is 10.3. The minimum Gasteiger partial charge on any atom is -0.397 e. The van der Waals surface area contributed by atoms with Crippen molar-refractivity contribution in [1.29, 1.82) is 0 Å². The predicted molar refractivity (Wildman–Crippen MR) is 61.8 cm³/mol. The van der Waals surface area contributed by atoms with Crippen LogP contribution in [0.3, 0.4) is 0 Å². The number of hydrogen-bond donors (Lipinski definition) is 1. The summed E-state index contributed by atoms with van der Waals surface area (Å²) in [5.41, 5.74) is 7.75. The standard InChI is InChI=1S/C10H13N3OS/c1-10(2,3)15-7-5-4-6(11)8-9(7)13-14-12-8/h4-5H,11H2,1-3H3. The quantitative estimate of drug-likeness (QED) is 0.594. The van der Waals surface area contributed by atoms with Gasteiger partial charge in [-0.05, 0) is 22.4 Å². The number of anilines is 1. The lowest BCUT2D eigenvalue weighted by Crippen LogP contribution is -2.06. The van der Waals surface area contributed by atoms with E-state index in [0.717, 1.165) is 10.4 Å². The summed E-state index contributed by atoms with van der Waals surface area (Å²) in [6, 6.07) is 3.79. The van der Waals surface area contributed by atoms with Crippen LogP contribution in [0.25, 0.3) is 11.0 Å². The Kier molecular flexibility index (Phi) is 2.34. The van der Waals surface area contributed by atoms with Gasteiger partial charge in [0.15, 0.2) is 11.0 Å². The Labute approximate surface area is 92.2 Å². The Morgan fingerprint density at radius 1 is 1.20 bits per heavy atom. The van der Waals surface area contributed by atoms with Gasteiger partial charge in [-0.1, -0.05) is 20.8 Å². The molecule has 0 radical (unpaired) electrons. The van der Waals surface area contributed by atoms with Crippen molar-refractivity contribution in [1.82, 2.24) is 10.3 Å². The summed E-state index contributed by atoms with van der Waals surface area (Å²) in [5.74, 6) is 0. The first-order valence-electron chi connectivity index (χ1n) is 4.67. The summed E-state index contributed by atoms with van der Waals surface area (Å²) in [5, 5.41) is 7.66. The van der Waals surface area contributed by atoms with Gasteiger partial charge in [-0.2, -0.15) is 0 Å². The molecule has 0 atom stereocenters. The van der Waals surface area contributed by atoms with Crippen LogP contribution in [0.15, 0.2) is 21.7 Å². The van der Waals surface area contributed by atoms with E-state index in [9.17, 15) is 0 Å². The second kappa shape index (κ2) is 3.41. The monoisotopic (exact) mass is 223 g/mol. The average molecular weight is 223 g/mol. The van der Waals surface area contributed by atoms with Gasteiger partial charge in [-0.25, -0.2) is 4.63 Å². The molecule has 15 heavy (non-hydrogen) atoms. The maximum Gasteiger partial charge on any atom is 0.159 e. The number of nitrogens with zero attached hydrogens (tertiary/aromatic N) is 2. The highest BCUT2D eigenvalue weighted by Crippen LogP contribution is 2.36. The highest BCUT2D eigenvalue weighted by atomic mass is 32.2. The number of thioether (sulfide) groups is 1. The molecule has 0 unspecified atom stereocenters. The molecule has 0 spiro atoms.